The number of anilines is 2. The maximum absolute atomic E-state index is 12.6. The van der Waals surface area contributed by atoms with Crippen molar-refractivity contribution < 1.29 is 32.2 Å². The molecule has 174 valence electrons. The van der Waals surface area contributed by atoms with Crippen LogP contribution in [-0.4, -0.2) is 47.7 Å². The van der Waals surface area contributed by atoms with Crippen LogP contribution in [0, 0.1) is 0 Å². The van der Waals surface area contributed by atoms with Crippen molar-refractivity contribution in [2.75, 3.05) is 37.0 Å². The summed E-state index contributed by atoms with van der Waals surface area (Å²) in [4.78, 5) is 23.9. The minimum absolute atomic E-state index is 0.239. The summed E-state index contributed by atoms with van der Waals surface area (Å²) in [5.74, 6) is -0.423. The zero-order valence-electron chi connectivity index (χ0n) is 17.9. The summed E-state index contributed by atoms with van der Waals surface area (Å²) in [5.41, 5.74) is 0.898. The molecular formula is C22H22N2O7S2. The average molecular weight is 491 g/mol. The summed E-state index contributed by atoms with van der Waals surface area (Å²) in [6.07, 6.45) is 0. The van der Waals surface area contributed by atoms with Crippen molar-refractivity contribution in [1.82, 2.24) is 0 Å². The van der Waals surface area contributed by atoms with Crippen molar-refractivity contribution in [2.24, 2.45) is 0 Å². The smallest absolute Gasteiger partial charge is 0.344 e. The van der Waals surface area contributed by atoms with E-state index in [1.54, 1.807) is 47.8 Å². The number of carbonyl (C=O) groups is 2. The quantitative estimate of drug-likeness (QED) is 0.435. The summed E-state index contributed by atoms with van der Waals surface area (Å²) in [5, 5.41) is 4.29. The third-order valence-electron chi connectivity index (χ3n) is 4.41. The molecule has 0 aliphatic rings. The number of amides is 1. The lowest BCUT2D eigenvalue weighted by molar-refractivity contribution is -0.149. The predicted molar refractivity (Wildman–Crippen MR) is 124 cm³/mol. The molecule has 0 atom stereocenters. The summed E-state index contributed by atoms with van der Waals surface area (Å²) in [7, 11) is -0.700. The zero-order chi connectivity index (χ0) is 23.8. The predicted octanol–water partition coefficient (Wildman–Crippen LogP) is 3.14. The fraction of sp³-hybridized carbons (Fsp3) is 0.182. The standard InChI is InChI=1S/C22H22N2O7S2/c1-24(33(27,28)22-8-5-13-32-22)16-9-11-17(12-10-16)30-15-21(26)31-14-20(25)23-18-6-3-4-7-19(18)29-2/h3-13H,14-15H2,1-2H3,(H,23,25). The van der Waals surface area contributed by atoms with E-state index >= 15 is 0 Å². The van der Waals surface area contributed by atoms with Gasteiger partial charge in [0, 0.05) is 7.05 Å². The number of carbonyl (C=O) groups excluding carboxylic acids is 2. The highest BCUT2D eigenvalue weighted by Gasteiger charge is 2.22. The van der Waals surface area contributed by atoms with E-state index in [2.05, 4.69) is 5.32 Å². The first-order valence-corrected chi connectivity index (χ1v) is 12.0. The Kier molecular flexibility index (Phi) is 7.91. The van der Waals surface area contributed by atoms with Crippen LogP contribution in [0.1, 0.15) is 0 Å². The Morgan fingerprint density at radius 3 is 2.39 bits per heavy atom. The molecule has 0 radical (unpaired) electrons. The van der Waals surface area contributed by atoms with E-state index in [1.165, 1.54) is 32.4 Å². The van der Waals surface area contributed by atoms with Crippen LogP contribution < -0.4 is 19.1 Å². The summed E-state index contributed by atoms with van der Waals surface area (Å²) in [6, 6.07) is 16.3. The third kappa shape index (κ3) is 6.24. The molecule has 1 aromatic heterocycles. The van der Waals surface area contributed by atoms with Gasteiger partial charge in [0.25, 0.3) is 15.9 Å². The van der Waals surface area contributed by atoms with E-state index in [9.17, 15) is 18.0 Å². The minimum Gasteiger partial charge on any atom is -0.495 e. The van der Waals surface area contributed by atoms with E-state index in [4.69, 9.17) is 14.2 Å². The van der Waals surface area contributed by atoms with E-state index in [-0.39, 0.29) is 4.21 Å². The Hall–Kier alpha value is -3.57. The molecule has 0 saturated heterocycles. The van der Waals surface area contributed by atoms with Crippen LogP contribution in [0.2, 0.25) is 0 Å². The minimum atomic E-state index is -3.64. The zero-order valence-corrected chi connectivity index (χ0v) is 19.5. The number of ether oxygens (including phenoxy) is 3. The van der Waals surface area contributed by atoms with Gasteiger partial charge >= 0.3 is 5.97 Å². The molecule has 9 nitrogen and oxygen atoms in total. The lowest BCUT2D eigenvalue weighted by atomic mass is 10.3. The van der Waals surface area contributed by atoms with E-state index < -0.39 is 35.1 Å². The van der Waals surface area contributed by atoms with Crippen molar-refractivity contribution in [3.05, 3.63) is 66.0 Å². The number of hydrogen-bond acceptors (Lipinski definition) is 8. The van der Waals surface area contributed by atoms with Gasteiger partial charge in [0.2, 0.25) is 0 Å². The number of nitrogens with one attached hydrogen (secondary N) is 1. The summed E-state index contributed by atoms with van der Waals surface area (Å²) >= 11 is 1.14. The molecule has 0 spiro atoms. The first-order valence-electron chi connectivity index (χ1n) is 9.65. The number of sulfonamides is 1. The van der Waals surface area contributed by atoms with E-state index in [1.807, 2.05) is 0 Å². The fourth-order valence-corrected chi connectivity index (χ4v) is 5.06. The molecule has 3 aromatic rings. The number of hydrogen-bond donors (Lipinski definition) is 1. The molecule has 1 N–H and O–H groups in total. The van der Waals surface area contributed by atoms with Gasteiger partial charge in [-0.15, -0.1) is 11.3 Å². The van der Waals surface area contributed by atoms with Crippen molar-refractivity contribution in [3.8, 4) is 11.5 Å². The normalized spacial score (nSPS) is 10.8. The maximum Gasteiger partial charge on any atom is 0.344 e. The van der Waals surface area contributed by atoms with Crippen LogP contribution in [0.3, 0.4) is 0 Å². The van der Waals surface area contributed by atoms with Crippen LogP contribution in [-0.2, 0) is 24.3 Å². The molecule has 0 bridgehead atoms. The van der Waals surface area contributed by atoms with Gasteiger partial charge in [-0.1, -0.05) is 18.2 Å². The van der Waals surface area contributed by atoms with Gasteiger partial charge in [0.05, 0.1) is 18.5 Å². The van der Waals surface area contributed by atoms with Gasteiger partial charge in [0.1, 0.15) is 15.7 Å². The average Bonchev–Trinajstić information content (AvgIpc) is 3.38. The van der Waals surface area contributed by atoms with Gasteiger partial charge in [-0.3, -0.25) is 9.10 Å². The third-order valence-corrected chi connectivity index (χ3v) is 7.57. The van der Waals surface area contributed by atoms with Crippen molar-refractivity contribution in [3.63, 3.8) is 0 Å². The molecule has 33 heavy (non-hydrogen) atoms. The number of para-hydroxylation sites is 2. The van der Waals surface area contributed by atoms with Gasteiger partial charge in [-0.25, -0.2) is 13.2 Å². The second kappa shape index (κ2) is 10.8. The van der Waals surface area contributed by atoms with Gasteiger partial charge in [0.15, 0.2) is 13.2 Å². The van der Waals surface area contributed by atoms with Crippen molar-refractivity contribution in [1.29, 1.82) is 0 Å². The van der Waals surface area contributed by atoms with Crippen LogP contribution in [0.4, 0.5) is 11.4 Å². The highest BCUT2D eigenvalue weighted by molar-refractivity contribution is 7.94. The van der Waals surface area contributed by atoms with Gasteiger partial charge in [-0.2, -0.15) is 0 Å². The Balaban J connectivity index is 1.47. The van der Waals surface area contributed by atoms with Gasteiger partial charge < -0.3 is 19.5 Å². The lowest BCUT2D eigenvalue weighted by Gasteiger charge is -2.18. The fourth-order valence-electron chi connectivity index (χ4n) is 2.70. The number of benzene rings is 2. The molecular weight excluding hydrogens is 468 g/mol. The second-order valence-electron chi connectivity index (χ2n) is 6.60. The number of methoxy groups -OCH3 is 1. The molecule has 11 heteroatoms. The highest BCUT2D eigenvalue weighted by Crippen LogP contribution is 2.26. The first kappa shape index (κ1) is 24.1. The van der Waals surface area contributed by atoms with Crippen LogP contribution in [0.15, 0.2) is 70.3 Å². The summed E-state index contributed by atoms with van der Waals surface area (Å²) in [6.45, 7) is -0.894. The SMILES string of the molecule is COc1ccccc1NC(=O)COC(=O)COc1ccc(N(C)S(=O)(=O)c2cccs2)cc1. The molecule has 0 aliphatic carbocycles. The topological polar surface area (TPSA) is 111 Å². The Morgan fingerprint density at radius 2 is 1.73 bits per heavy atom. The molecule has 0 aliphatic heterocycles. The van der Waals surface area contributed by atoms with Crippen molar-refractivity contribution in [2.45, 2.75) is 4.21 Å². The first-order chi connectivity index (χ1) is 15.8. The Bertz CT molecular complexity index is 1190. The van der Waals surface area contributed by atoms with Crippen LogP contribution in [0.5, 0.6) is 11.5 Å². The second-order valence-corrected chi connectivity index (χ2v) is 9.74. The molecule has 0 unspecified atom stereocenters. The van der Waals surface area contributed by atoms with E-state index in [0.29, 0.717) is 22.9 Å². The lowest BCUT2D eigenvalue weighted by Crippen LogP contribution is -2.25. The molecule has 3 rings (SSSR count). The van der Waals surface area contributed by atoms with Gasteiger partial charge in [-0.05, 0) is 47.8 Å². The largest absolute Gasteiger partial charge is 0.495 e. The Morgan fingerprint density at radius 1 is 1.00 bits per heavy atom. The monoisotopic (exact) mass is 490 g/mol. The maximum atomic E-state index is 12.6. The van der Waals surface area contributed by atoms with Crippen LogP contribution >= 0.6 is 11.3 Å². The van der Waals surface area contributed by atoms with E-state index in [0.717, 1.165) is 15.6 Å². The Labute approximate surface area is 195 Å². The molecule has 1 amide bonds. The van der Waals surface area contributed by atoms with Crippen LogP contribution in [0.25, 0.3) is 0 Å². The number of nitrogens with zero attached hydrogens (tertiary/aromatic N) is 1. The highest BCUT2D eigenvalue weighted by atomic mass is 32.2. The summed E-state index contributed by atoms with van der Waals surface area (Å²) < 4.78 is 42.0. The molecule has 0 fully saturated rings. The number of thiophene rings is 1. The number of esters is 1. The van der Waals surface area contributed by atoms with Crippen molar-refractivity contribution >= 4 is 44.6 Å². The molecule has 0 saturated carbocycles. The molecule has 1 heterocycles. The number of rotatable bonds is 10. The molecule has 2 aromatic carbocycles.